The highest BCUT2D eigenvalue weighted by Gasteiger charge is 2.47. The third-order valence-electron chi connectivity index (χ3n) is 5.71. The summed E-state index contributed by atoms with van der Waals surface area (Å²) in [6.45, 7) is 6.17. The lowest BCUT2D eigenvalue weighted by molar-refractivity contribution is -0.138. The third kappa shape index (κ3) is 4.20. The SMILES string of the molecule is CCOC(=O)C1=C(N)N(c2ccc(Br)cc2)C2=C(C(=O)CC(C)(C)C2)[C@H]1c1cc(Br)cs1. The zero-order chi connectivity index (χ0) is 23.2. The average Bonchev–Trinajstić information content (AvgIpc) is 3.13. The van der Waals surface area contributed by atoms with Gasteiger partial charge in [0, 0.05) is 42.6 Å². The summed E-state index contributed by atoms with van der Waals surface area (Å²) in [6, 6.07) is 9.65. The Bertz CT molecular complexity index is 1150. The van der Waals surface area contributed by atoms with Gasteiger partial charge in [0.1, 0.15) is 5.82 Å². The van der Waals surface area contributed by atoms with Gasteiger partial charge in [0.25, 0.3) is 0 Å². The number of esters is 1. The lowest BCUT2D eigenvalue weighted by Crippen LogP contribution is -2.43. The maximum atomic E-state index is 13.6. The summed E-state index contributed by atoms with van der Waals surface area (Å²) < 4.78 is 7.25. The van der Waals surface area contributed by atoms with Crippen LogP contribution in [0.4, 0.5) is 5.69 Å². The maximum Gasteiger partial charge on any atom is 0.338 e. The molecule has 2 heterocycles. The Morgan fingerprint density at radius 3 is 2.50 bits per heavy atom. The fourth-order valence-corrected chi connectivity index (χ4v) is 6.29. The molecule has 168 valence electrons. The van der Waals surface area contributed by atoms with Crippen molar-refractivity contribution >= 4 is 60.6 Å². The summed E-state index contributed by atoms with van der Waals surface area (Å²) in [5.41, 5.74) is 9.13. The van der Waals surface area contributed by atoms with Crippen LogP contribution in [0.5, 0.6) is 0 Å². The summed E-state index contributed by atoms with van der Waals surface area (Å²) in [5, 5.41) is 1.95. The molecule has 0 bridgehead atoms. The van der Waals surface area contributed by atoms with Crippen molar-refractivity contribution in [3.8, 4) is 0 Å². The van der Waals surface area contributed by atoms with Gasteiger partial charge in [-0.05, 0) is 65.0 Å². The smallest absolute Gasteiger partial charge is 0.338 e. The number of halogens is 2. The number of carbonyl (C=O) groups excluding carboxylic acids is 2. The predicted molar refractivity (Wildman–Crippen MR) is 134 cm³/mol. The highest BCUT2D eigenvalue weighted by Crippen LogP contribution is 2.51. The number of nitrogens with two attached hydrogens (primary N) is 1. The number of allylic oxidation sites excluding steroid dienone is 2. The molecule has 1 aliphatic carbocycles. The number of hydrogen-bond donors (Lipinski definition) is 1. The highest BCUT2D eigenvalue weighted by atomic mass is 79.9. The van der Waals surface area contributed by atoms with Gasteiger partial charge in [-0.3, -0.25) is 9.69 Å². The minimum Gasteiger partial charge on any atom is -0.463 e. The van der Waals surface area contributed by atoms with E-state index in [-0.39, 0.29) is 17.8 Å². The van der Waals surface area contributed by atoms with Crippen molar-refractivity contribution in [2.24, 2.45) is 11.1 Å². The molecule has 2 N–H and O–H groups in total. The van der Waals surface area contributed by atoms with Crippen molar-refractivity contribution < 1.29 is 14.3 Å². The van der Waals surface area contributed by atoms with Crippen LogP contribution in [0.1, 0.15) is 44.4 Å². The largest absolute Gasteiger partial charge is 0.463 e. The second-order valence-electron chi connectivity index (χ2n) is 8.73. The van der Waals surface area contributed by atoms with E-state index in [2.05, 4.69) is 45.7 Å². The van der Waals surface area contributed by atoms with Gasteiger partial charge >= 0.3 is 5.97 Å². The van der Waals surface area contributed by atoms with E-state index in [0.29, 0.717) is 29.8 Å². The van der Waals surface area contributed by atoms with Gasteiger partial charge in [0.15, 0.2) is 5.78 Å². The fraction of sp³-hybridized carbons (Fsp3) is 0.333. The van der Waals surface area contributed by atoms with E-state index in [4.69, 9.17) is 10.5 Å². The fourth-order valence-electron chi connectivity index (χ4n) is 4.47. The van der Waals surface area contributed by atoms with Gasteiger partial charge in [0.05, 0.1) is 18.1 Å². The minimum absolute atomic E-state index is 0.0437. The van der Waals surface area contributed by atoms with E-state index in [1.807, 2.05) is 40.6 Å². The highest BCUT2D eigenvalue weighted by molar-refractivity contribution is 9.10. The minimum atomic E-state index is -0.546. The maximum absolute atomic E-state index is 13.6. The molecule has 2 aliphatic rings. The molecule has 1 atom stereocenters. The first-order valence-corrected chi connectivity index (χ1v) is 12.8. The Morgan fingerprint density at radius 1 is 1.22 bits per heavy atom. The van der Waals surface area contributed by atoms with Crippen molar-refractivity contribution in [1.82, 2.24) is 0 Å². The number of anilines is 1. The molecule has 1 aliphatic heterocycles. The first-order chi connectivity index (χ1) is 15.1. The molecule has 0 saturated heterocycles. The van der Waals surface area contributed by atoms with Crippen LogP contribution in [0.25, 0.3) is 0 Å². The molecular formula is C24H24Br2N2O3S. The van der Waals surface area contributed by atoms with E-state index in [9.17, 15) is 9.59 Å². The molecule has 0 amide bonds. The molecule has 0 saturated carbocycles. The first-order valence-electron chi connectivity index (χ1n) is 10.4. The molecular weight excluding hydrogens is 556 g/mol. The zero-order valence-corrected chi connectivity index (χ0v) is 22.1. The zero-order valence-electron chi connectivity index (χ0n) is 18.1. The van der Waals surface area contributed by atoms with Gasteiger partial charge in [-0.1, -0.05) is 29.8 Å². The third-order valence-corrected chi connectivity index (χ3v) is 8.00. The monoisotopic (exact) mass is 578 g/mol. The number of nitrogens with zero attached hydrogens (tertiary/aromatic N) is 1. The molecule has 8 heteroatoms. The molecule has 0 unspecified atom stereocenters. The molecule has 5 nitrogen and oxygen atoms in total. The van der Waals surface area contributed by atoms with Crippen LogP contribution in [0.15, 0.2) is 67.3 Å². The molecule has 32 heavy (non-hydrogen) atoms. The Balaban J connectivity index is 2.01. The molecule has 0 radical (unpaired) electrons. The Morgan fingerprint density at radius 2 is 1.91 bits per heavy atom. The van der Waals surface area contributed by atoms with Gasteiger partial charge in [-0.15, -0.1) is 11.3 Å². The van der Waals surface area contributed by atoms with Gasteiger partial charge in [-0.25, -0.2) is 4.79 Å². The first kappa shape index (κ1) is 23.3. The van der Waals surface area contributed by atoms with Crippen molar-refractivity contribution in [2.45, 2.75) is 39.5 Å². The topological polar surface area (TPSA) is 72.6 Å². The van der Waals surface area contributed by atoms with Crippen LogP contribution in [-0.4, -0.2) is 18.4 Å². The van der Waals surface area contributed by atoms with Crippen LogP contribution in [0, 0.1) is 5.41 Å². The second kappa shape index (κ2) is 8.80. The number of carbonyl (C=O) groups is 2. The molecule has 0 fully saturated rings. The normalized spacial score (nSPS) is 20.5. The summed E-state index contributed by atoms with van der Waals surface area (Å²) in [6.07, 6.45) is 1.09. The van der Waals surface area contributed by atoms with Crippen molar-refractivity contribution in [1.29, 1.82) is 0 Å². The van der Waals surface area contributed by atoms with Gasteiger partial charge in [0.2, 0.25) is 0 Å². The molecule has 1 aromatic carbocycles. The van der Waals surface area contributed by atoms with Crippen LogP contribution < -0.4 is 10.6 Å². The summed E-state index contributed by atoms with van der Waals surface area (Å²) >= 11 is 8.48. The molecule has 4 rings (SSSR count). The van der Waals surface area contributed by atoms with Crippen LogP contribution in [0.2, 0.25) is 0 Å². The molecule has 2 aromatic rings. The van der Waals surface area contributed by atoms with E-state index in [1.54, 1.807) is 6.92 Å². The number of rotatable bonds is 4. The van der Waals surface area contributed by atoms with Crippen LogP contribution in [-0.2, 0) is 14.3 Å². The summed E-state index contributed by atoms with van der Waals surface area (Å²) in [7, 11) is 0. The standard InChI is InChI=1S/C24H24Br2N2O3S/c1-4-31-23(30)21-20(18-9-14(26)12-32-18)19-16(10-24(2,3)11-17(19)29)28(22(21)27)15-7-5-13(25)6-8-15/h5-9,12,20H,4,10-11,27H2,1-3H3/t20-/m1/s1. The Labute approximate surface area is 208 Å². The Kier molecular flexibility index (Phi) is 6.40. The molecule has 1 aromatic heterocycles. The van der Waals surface area contributed by atoms with Crippen molar-refractivity contribution in [2.75, 3.05) is 11.5 Å². The van der Waals surface area contributed by atoms with Crippen molar-refractivity contribution in [3.05, 3.63) is 72.2 Å². The quantitative estimate of drug-likeness (QED) is 0.433. The van der Waals surface area contributed by atoms with E-state index in [1.165, 1.54) is 11.3 Å². The Hall–Kier alpha value is -1.90. The average molecular weight is 580 g/mol. The number of ketones is 1. The number of ether oxygens (including phenoxy) is 1. The van der Waals surface area contributed by atoms with E-state index in [0.717, 1.165) is 25.2 Å². The number of benzene rings is 1. The van der Waals surface area contributed by atoms with Gasteiger partial charge < -0.3 is 10.5 Å². The second-order valence-corrected chi connectivity index (χ2v) is 11.5. The lowest BCUT2D eigenvalue weighted by Gasteiger charge is -2.44. The van der Waals surface area contributed by atoms with E-state index < -0.39 is 11.9 Å². The van der Waals surface area contributed by atoms with Gasteiger partial charge in [-0.2, -0.15) is 0 Å². The van der Waals surface area contributed by atoms with Crippen molar-refractivity contribution in [3.63, 3.8) is 0 Å². The van der Waals surface area contributed by atoms with Crippen LogP contribution in [0.3, 0.4) is 0 Å². The summed E-state index contributed by atoms with van der Waals surface area (Å²) in [5.74, 6) is -0.687. The number of hydrogen-bond acceptors (Lipinski definition) is 6. The van der Waals surface area contributed by atoms with E-state index >= 15 is 0 Å². The molecule has 0 spiro atoms. The lowest BCUT2D eigenvalue weighted by atomic mass is 9.69. The predicted octanol–water partition coefficient (Wildman–Crippen LogP) is 6.25. The number of Topliss-reactive ketones (excluding diaryl/α,β-unsaturated/α-hetero) is 1. The number of thiophene rings is 1. The van der Waals surface area contributed by atoms with Crippen LogP contribution >= 0.6 is 43.2 Å². The summed E-state index contributed by atoms with van der Waals surface area (Å²) in [4.78, 5) is 29.5.